The molecule has 0 saturated carbocycles. The van der Waals surface area contributed by atoms with Gasteiger partial charge in [0.05, 0.1) is 22.3 Å². The van der Waals surface area contributed by atoms with Crippen LogP contribution in [-0.2, 0) is 6.42 Å². The second kappa shape index (κ2) is 18.4. The third-order valence-corrected chi connectivity index (χ3v) is 13.0. The molecule has 8 N–H and O–H groups in total. The molecule has 9 aromatic carbocycles. The summed E-state index contributed by atoms with van der Waals surface area (Å²) in [7, 11) is 0. The van der Waals surface area contributed by atoms with Crippen LogP contribution >= 0.6 is 0 Å². The number of nitrogen functional groups attached to an aromatic ring is 2. The zero-order valence-corrected chi connectivity index (χ0v) is 38.1. The van der Waals surface area contributed by atoms with E-state index in [0.29, 0.717) is 72.8 Å². The summed E-state index contributed by atoms with van der Waals surface area (Å²) in [6.07, 6.45) is 1.93. The maximum absolute atomic E-state index is 15.9. The molecule has 0 aliphatic heterocycles. The molecule has 12 heteroatoms. The monoisotopic (exact) mass is 968 g/mol. The van der Waals surface area contributed by atoms with Gasteiger partial charge < -0.3 is 22.9 Å². The molecular formula is C60H40F8N4. The first-order chi connectivity index (χ1) is 34.6. The molecule has 0 radical (unpaired) electrons. The number of rotatable bonds is 0. The molecule has 4 nitrogen and oxygen atoms in total. The van der Waals surface area contributed by atoms with Crippen molar-refractivity contribution in [2.45, 2.75) is 13.3 Å². The topological polar surface area (TPSA) is 104 Å². The predicted octanol–water partition coefficient (Wildman–Crippen LogP) is 15.4. The summed E-state index contributed by atoms with van der Waals surface area (Å²) in [6, 6.07) is 40.9. The number of halogens is 8. The van der Waals surface area contributed by atoms with Gasteiger partial charge in [-0.15, -0.1) is 0 Å². The van der Waals surface area contributed by atoms with Crippen LogP contribution in [0.2, 0.25) is 0 Å². The van der Waals surface area contributed by atoms with E-state index < -0.39 is 68.8 Å². The maximum atomic E-state index is 15.9. The molecule has 0 saturated heterocycles. The zero-order valence-electron chi connectivity index (χ0n) is 38.1. The van der Waals surface area contributed by atoms with Crippen LogP contribution in [-0.4, -0.2) is 0 Å². The Morgan fingerprint density at radius 3 is 0.847 bits per heavy atom. The Labute approximate surface area is 408 Å². The van der Waals surface area contributed by atoms with Crippen LogP contribution < -0.4 is 22.9 Å². The van der Waals surface area contributed by atoms with Crippen LogP contribution in [0.4, 0.5) is 46.5 Å². The average Bonchev–Trinajstić information content (AvgIpc) is 3.38. The van der Waals surface area contributed by atoms with E-state index in [9.17, 15) is 0 Å². The molecule has 14 aliphatic rings. The molecule has 0 spiro atoms. The number of benzene rings is 9. The first-order valence-corrected chi connectivity index (χ1v) is 22.5. The van der Waals surface area contributed by atoms with Gasteiger partial charge in [-0.05, 0) is 91.9 Å². The lowest BCUT2D eigenvalue weighted by Gasteiger charge is -2.15. The molecule has 72 heavy (non-hydrogen) atoms. The first-order valence-electron chi connectivity index (χ1n) is 22.5. The lowest BCUT2D eigenvalue weighted by atomic mass is 9.92. The third kappa shape index (κ3) is 8.30. The van der Waals surface area contributed by atoms with E-state index in [-0.39, 0.29) is 28.7 Å². The maximum Gasteiger partial charge on any atom is 0.170 e. The van der Waals surface area contributed by atoms with Gasteiger partial charge in [0, 0.05) is 45.9 Å². The van der Waals surface area contributed by atoms with E-state index in [1.54, 1.807) is 73.7 Å². The van der Waals surface area contributed by atoms with Gasteiger partial charge in [0.25, 0.3) is 0 Å². The van der Waals surface area contributed by atoms with E-state index in [1.807, 2.05) is 24.3 Å². The highest BCUT2D eigenvalue weighted by atomic mass is 19.2. The molecule has 356 valence electrons. The van der Waals surface area contributed by atoms with Gasteiger partial charge in [0.2, 0.25) is 0 Å². The minimum Gasteiger partial charge on any atom is -0.402 e. The van der Waals surface area contributed by atoms with Gasteiger partial charge in [0.1, 0.15) is 0 Å². The van der Waals surface area contributed by atoms with E-state index in [0.717, 1.165) is 11.1 Å². The van der Waals surface area contributed by atoms with Crippen molar-refractivity contribution in [2.24, 2.45) is 11.5 Å². The van der Waals surface area contributed by atoms with Crippen LogP contribution in [0.5, 0.6) is 0 Å². The minimum atomic E-state index is -1.56. The smallest absolute Gasteiger partial charge is 0.170 e. The molecule has 18 bridgehead atoms. The number of anilines is 2. The van der Waals surface area contributed by atoms with E-state index in [1.165, 1.54) is 72.8 Å². The zero-order chi connectivity index (χ0) is 50.7. The Kier molecular flexibility index (Phi) is 12.0. The molecule has 0 unspecified atom stereocenters. The third-order valence-electron chi connectivity index (χ3n) is 13.0. The molecule has 0 atom stereocenters. The van der Waals surface area contributed by atoms with Crippen LogP contribution in [0.15, 0.2) is 175 Å². The van der Waals surface area contributed by atoms with Crippen molar-refractivity contribution in [3.63, 3.8) is 0 Å². The normalized spacial score (nSPS) is 13.7. The van der Waals surface area contributed by atoms with Crippen LogP contribution in [0.25, 0.3) is 94.6 Å². The number of hydrogen-bond donors (Lipinski definition) is 4. The van der Waals surface area contributed by atoms with Gasteiger partial charge >= 0.3 is 0 Å². The van der Waals surface area contributed by atoms with E-state index in [2.05, 4.69) is 0 Å². The Morgan fingerprint density at radius 1 is 0.333 bits per heavy atom. The largest absolute Gasteiger partial charge is 0.402 e. The van der Waals surface area contributed by atoms with Gasteiger partial charge in [-0.2, -0.15) is 0 Å². The molecule has 0 heterocycles. The lowest BCUT2D eigenvalue weighted by Crippen LogP contribution is -2.05. The molecule has 0 aromatic heterocycles. The van der Waals surface area contributed by atoms with Crippen molar-refractivity contribution in [3.05, 3.63) is 233 Å². The molecule has 0 amide bonds. The molecule has 23 rings (SSSR count). The molecular weight excluding hydrogens is 929 g/mol. The Bertz CT molecular complexity index is 3620. The SMILES string of the molecule is C/C(N)=C1\C=C(\N)Cc2ccc(cc2)-c2ccc(cc2)-c2c(F)c(F)c(c(F)c2F)-c2ccc(cc2)-c2cc(N)c(cc2N)-c2ccc(cc2)-c2ccc(cc2)-c2c(F)c(F)c(c(F)c2F)-c2ccc1cc2. The standard InChI is InChI=1S/C60H40F8N4/c1-30(69)44-27-43(70)26-31-2-4-32(5-3-31)34-8-18-39(19-9-34)49-55(63)59(67)52(60(68)56(49)64)42-24-16-38(17-25-42)46-29-47(71)45(28-48(46)72)37-12-6-33(7-13-37)35-10-20-40(21-11-35)50-53(61)57(65)51(58(66)54(50)62)41-22-14-36(44)15-23-41/h2-25,27-29H,26,69-72H2,1H3/b43-27+,44-30-. The summed E-state index contributed by atoms with van der Waals surface area (Å²) < 4.78 is 127. The second-order valence-corrected chi connectivity index (χ2v) is 17.6. The van der Waals surface area contributed by atoms with Gasteiger partial charge in [-0.1, -0.05) is 146 Å². The van der Waals surface area contributed by atoms with Gasteiger partial charge in [-0.3, -0.25) is 0 Å². The van der Waals surface area contributed by atoms with Crippen LogP contribution in [0.1, 0.15) is 18.1 Å². The Morgan fingerprint density at radius 2 is 0.569 bits per heavy atom. The van der Waals surface area contributed by atoms with Gasteiger partial charge in [0.15, 0.2) is 46.5 Å². The average molecular weight is 969 g/mol. The highest BCUT2D eigenvalue weighted by Crippen LogP contribution is 2.42. The lowest BCUT2D eigenvalue weighted by molar-refractivity contribution is 0.463. The second-order valence-electron chi connectivity index (χ2n) is 17.6. The van der Waals surface area contributed by atoms with Crippen molar-refractivity contribution in [1.29, 1.82) is 0 Å². The Hall–Kier alpha value is -8.90. The Balaban J connectivity index is 1.04. The summed E-state index contributed by atoms with van der Waals surface area (Å²) in [4.78, 5) is 0. The van der Waals surface area contributed by atoms with E-state index in [4.69, 9.17) is 22.9 Å². The first kappa shape index (κ1) is 46.8. The number of allylic oxidation sites excluding steroid dienone is 4. The summed E-state index contributed by atoms with van der Waals surface area (Å²) in [5.74, 6) is -12.4. The fraction of sp³-hybridized carbons (Fsp3) is 0.0333. The fourth-order valence-electron chi connectivity index (χ4n) is 9.26. The molecule has 0 fully saturated rings. The summed E-state index contributed by atoms with van der Waals surface area (Å²) in [5.41, 5.74) is 30.2. The van der Waals surface area contributed by atoms with Crippen molar-refractivity contribution < 1.29 is 35.1 Å². The van der Waals surface area contributed by atoms with Crippen molar-refractivity contribution in [3.8, 4) is 89.0 Å². The number of nitrogens with two attached hydrogens (primary N) is 4. The van der Waals surface area contributed by atoms with Crippen molar-refractivity contribution in [1.82, 2.24) is 0 Å². The summed E-state index contributed by atoms with van der Waals surface area (Å²) in [6.45, 7) is 1.65. The van der Waals surface area contributed by atoms with Crippen molar-refractivity contribution >= 4 is 16.9 Å². The minimum absolute atomic E-state index is 0.0794. The highest BCUT2D eigenvalue weighted by Gasteiger charge is 2.29. The summed E-state index contributed by atoms with van der Waals surface area (Å²) >= 11 is 0. The van der Waals surface area contributed by atoms with Gasteiger partial charge in [-0.25, -0.2) is 35.1 Å². The van der Waals surface area contributed by atoms with E-state index >= 15 is 35.1 Å². The number of hydrogen-bond acceptors (Lipinski definition) is 4. The summed E-state index contributed by atoms with van der Waals surface area (Å²) in [5, 5.41) is 0. The van der Waals surface area contributed by atoms with Crippen LogP contribution in [0.3, 0.4) is 0 Å². The van der Waals surface area contributed by atoms with Crippen molar-refractivity contribution in [2.75, 3.05) is 11.5 Å². The van der Waals surface area contributed by atoms with Crippen LogP contribution in [0, 0.1) is 46.5 Å². The molecule has 9 aromatic rings. The quantitative estimate of drug-likeness (QED) is 0.0690. The number of fused-ring (bicyclic) bond motifs is 1. The molecule has 14 aliphatic carbocycles. The highest BCUT2D eigenvalue weighted by molar-refractivity contribution is 5.90. The predicted molar refractivity (Wildman–Crippen MR) is 271 cm³/mol. The fourth-order valence-corrected chi connectivity index (χ4v) is 9.26.